The van der Waals surface area contributed by atoms with E-state index in [0.29, 0.717) is 23.7 Å². The van der Waals surface area contributed by atoms with Crippen molar-refractivity contribution in [3.05, 3.63) is 58.5 Å². The number of thiophene rings is 2. The van der Waals surface area contributed by atoms with E-state index in [9.17, 15) is 0 Å². The SMILES string of the molecule is N#Cc1ccc(Oc2nc(CN3CCOCC3)nc3scc(-c4cccs4)c23)cc1. The highest BCUT2D eigenvalue weighted by molar-refractivity contribution is 7.18. The van der Waals surface area contributed by atoms with Gasteiger partial charge in [0.1, 0.15) is 16.4 Å². The van der Waals surface area contributed by atoms with E-state index < -0.39 is 0 Å². The third-order valence-corrected chi connectivity index (χ3v) is 6.68. The number of aromatic nitrogens is 2. The molecule has 0 radical (unpaired) electrons. The average Bonchev–Trinajstić information content (AvgIpc) is 3.45. The normalized spacial score (nSPS) is 14.6. The van der Waals surface area contributed by atoms with Crippen molar-refractivity contribution in [2.75, 3.05) is 26.3 Å². The molecule has 6 nitrogen and oxygen atoms in total. The lowest BCUT2D eigenvalue weighted by Crippen LogP contribution is -2.36. The van der Waals surface area contributed by atoms with E-state index in [-0.39, 0.29) is 0 Å². The van der Waals surface area contributed by atoms with Crippen LogP contribution in [0.4, 0.5) is 0 Å². The van der Waals surface area contributed by atoms with Gasteiger partial charge in [-0.1, -0.05) is 6.07 Å². The number of hydrogen-bond acceptors (Lipinski definition) is 8. The van der Waals surface area contributed by atoms with Crippen LogP contribution in [0.5, 0.6) is 11.6 Å². The van der Waals surface area contributed by atoms with Crippen molar-refractivity contribution in [3.63, 3.8) is 0 Å². The number of hydrogen-bond donors (Lipinski definition) is 0. The molecule has 0 saturated carbocycles. The van der Waals surface area contributed by atoms with Crippen LogP contribution in [0.2, 0.25) is 0 Å². The van der Waals surface area contributed by atoms with E-state index in [1.165, 1.54) is 0 Å². The number of rotatable bonds is 5. The Morgan fingerprint density at radius 1 is 1.10 bits per heavy atom. The van der Waals surface area contributed by atoms with Crippen LogP contribution in [-0.2, 0) is 11.3 Å². The van der Waals surface area contributed by atoms with Crippen molar-refractivity contribution in [2.24, 2.45) is 0 Å². The molecule has 1 aliphatic rings. The summed E-state index contributed by atoms with van der Waals surface area (Å²) in [4.78, 5) is 14.0. The average molecular weight is 435 g/mol. The zero-order chi connectivity index (χ0) is 20.3. The molecular weight excluding hydrogens is 416 g/mol. The number of fused-ring (bicyclic) bond motifs is 1. The molecule has 0 N–H and O–H groups in total. The zero-order valence-corrected chi connectivity index (χ0v) is 17.7. The summed E-state index contributed by atoms with van der Waals surface area (Å²) in [6.45, 7) is 3.88. The number of nitrogens with zero attached hydrogens (tertiary/aromatic N) is 4. The molecule has 30 heavy (non-hydrogen) atoms. The van der Waals surface area contributed by atoms with Crippen LogP contribution < -0.4 is 4.74 Å². The topological polar surface area (TPSA) is 71.3 Å². The summed E-state index contributed by atoms with van der Waals surface area (Å²) in [6.07, 6.45) is 0. The van der Waals surface area contributed by atoms with Crippen LogP contribution in [0.1, 0.15) is 11.4 Å². The molecule has 0 unspecified atom stereocenters. The predicted octanol–water partition coefficient (Wildman–Crippen LogP) is 4.92. The second-order valence-electron chi connectivity index (χ2n) is 6.88. The molecule has 1 fully saturated rings. The third-order valence-electron chi connectivity index (χ3n) is 4.90. The quantitative estimate of drug-likeness (QED) is 0.444. The summed E-state index contributed by atoms with van der Waals surface area (Å²) in [5.74, 6) is 1.94. The largest absolute Gasteiger partial charge is 0.438 e. The van der Waals surface area contributed by atoms with Gasteiger partial charge in [0.2, 0.25) is 5.88 Å². The molecule has 4 aromatic rings. The molecule has 150 valence electrons. The summed E-state index contributed by atoms with van der Waals surface area (Å²) in [5.41, 5.74) is 1.68. The van der Waals surface area contributed by atoms with E-state index in [4.69, 9.17) is 24.7 Å². The first kappa shape index (κ1) is 19.2. The molecule has 3 aromatic heterocycles. The lowest BCUT2D eigenvalue weighted by molar-refractivity contribution is 0.0330. The molecule has 0 spiro atoms. The first-order chi connectivity index (χ1) is 14.8. The summed E-state index contributed by atoms with van der Waals surface area (Å²) in [6, 6.07) is 13.4. The van der Waals surface area contributed by atoms with Gasteiger partial charge in [0.15, 0.2) is 0 Å². The highest BCUT2D eigenvalue weighted by atomic mass is 32.1. The van der Waals surface area contributed by atoms with Crippen LogP contribution in [0.3, 0.4) is 0 Å². The van der Waals surface area contributed by atoms with Gasteiger partial charge in [0.05, 0.1) is 36.8 Å². The summed E-state index contributed by atoms with van der Waals surface area (Å²) in [5, 5.41) is 14.2. The minimum absolute atomic E-state index is 0.553. The van der Waals surface area contributed by atoms with Gasteiger partial charge in [-0.15, -0.1) is 22.7 Å². The maximum Gasteiger partial charge on any atom is 0.232 e. The molecule has 4 heterocycles. The van der Waals surface area contributed by atoms with E-state index >= 15 is 0 Å². The van der Waals surface area contributed by atoms with Crippen molar-refractivity contribution in [2.45, 2.75) is 6.54 Å². The number of morpholine rings is 1. The van der Waals surface area contributed by atoms with Crippen molar-refractivity contribution in [1.29, 1.82) is 5.26 Å². The highest BCUT2D eigenvalue weighted by Gasteiger charge is 2.20. The second-order valence-corrected chi connectivity index (χ2v) is 8.68. The van der Waals surface area contributed by atoms with Crippen LogP contribution >= 0.6 is 22.7 Å². The fourth-order valence-electron chi connectivity index (χ4n) is 3.38. The highest BCUT2D eigenvalue weighted by Crippen LogP contribution is 2.41. The molecule has 1 aromatic carbocycles. The molecule has 5 rings (SSSR count). The molecule has 8 heteroatoms. The smallest absolute Gasteiger partial charge is 0.232 e. The van der Waals surface area contributed by atoms with Crippen LogP contribution in [-0.4, -0.2) is 41.2 Å². The molecular formula is C22H18N4O2S2. The van der Waals surface area contributed by atoms with Crippen LogP contribution in [0.15, 0.2) is 47.2 Å². The Labute approximate surface area is 182 Å². The molecule has 1 aliphatic heterocycles. The first-order valence-corrected chi connectivity index (χ1v) is 11.4. The van der Waals surface area contributed by atoms with E-state index in [2.05, 4.69) is 27.8 Å². The lowest BCUT2D eigenvalue weighted by Gasteiger charge is -2.25. The second kappa shape index (κ2) is 8.50. The van der Waals surface area contributed by atoms with Crippen molar-refractivity contribution in [1.82, 2.24) is 14.9 Å². The Morgan fingerprint density at radius 3 is 2.67 bits per heavy atom. The van der Waals surface area contributed by atoms with Gasteiger partial charge in [0, 0.05) is 28.9 Å². The fourth-order valence-corrected chi connectivity index (χ4v) is 5.15. The number of nitriles is 1. The summed E-state index contributed by atoms with van der Waals surface area (Å²) < 4.78 is 11.7. The minimum atomic E-state index is 0.553. The zero-order valence-electron chi connectivity index (χ0n) is 16.1. The first-order valence-electron chi connectivity index (χ1n) is 9.60. The molecule has 0 aliphatic carbocycles. The van der Waals surface area contributed by atoms with Gasteiger partial charge in [-0.05, 0) is 35.7 Å². The Hall–Kier alpha value is -2.83. The molecule has 0 bridgehead atoms. The van der Waals surface area contributed by atoms with E-state index in [1.807, 2.05) is 6.07 Å². The third kappa shape index (κ3) is 3.93. The van der Waals surface area contributed by atoms with Gasteiger partial charge >= 0.3 is 0 Å². The Kier molecular flexibility index (Phi) is 5.43. The van der Waals surface area contributed by atoms with Gasteiger partial charge in [-0.2, -0.15) is 10.2 Å². The van der Waals surface area contributed by atoms with Crippen LogP contribution in [0.25, 0.3) is 20.7 Å². The van der Waals surface area contributed by atoms with E-state index in [1.54, 1.807) is 46.9 Å². The molecule has 0 atom stereocenters. The maximum atomic E-state index is 9.04. The minimum Gasteiger partial charge on any atom is -0.438 e. The maximum absolute atomic E-state index is 9.04. The monoisotopic (exact) mass is 434 g/mol. The number of benzene rings is 1. The molecule has 1 saturated heterocycles. The van der Waals surface area contributed by atoms with Gasteiger partial charge < -0.3 is 9.47 Å². The molecule has 0 amide bonds. The van der Waals surface area contributed by atoms with Gasteiger partial charge in [0.25, 0.3) is 0 Å². The van der Waals surface area contributed by atoms with Gasteiger partial charge in [-0.25, -0.2) is 4.98 Å². The Balaban J connectivity index is 1.56. The number of ether oxygens (including phenoxy) is 2. The van der Waals surface area contributed by atoms with E-state index in [0.717, 1.165) is 52.8 Å². The Bertz CT molecular complexity index is 1190. The summed E-state index contributed by atoms with van der Waals surface area (Å²) >= 11 is 3.29. The predicted molar refractivity (Wildman–Crippen MR) is 118 cm³/mol. The summed E-state index contributed by atoms with van der Waals surface area (Å²) in [7, 11) is 0. The fraction of sp³-hybridized carbons (Fsp3) is 0.227. The lowest BCUT2D eigenvalue weighted by atomic mass is 10.2. The van der Waals surface area contributed by atoms with Gasteiger partial charge in [-0.3, -0.25) is 4.90 Å². The van der Waals surface area contributed by atoms with Crippen LogP contribution in [0, 0.1) is 11.3 Å². The standard InChI is InChI=1S/C22H18N4O2S2/c23-12-15-3-5-16(6-4-15)28-21-20-17(18-2-1-11-29-18)14-30-22(20)25-19(24-21)13-26-7-9-27-10-8-26/h1-6,11,14H,7-10,13H2. The van der Waals surface area contributed by atoms with Crippen molar-refractivity contribution in [3.8, 4) is 28.1 Å². The van der Waals surface area contributed by atoms with Crippen molar-refractivity contribution >= 4 is 32.9 Å². The van der Waals surface area contributed by atoms with Crippen molar-refractivity contribution < 1.29 is 9.47 Å². The Morgan fingerprint density at radius 2 is 1.93 bits per heavy atom.